The summed E-state index contributed by atoms with van der Waals surface area (Å²) in [7, 11) is 0. The first kappa shape index (κ1) is 13.8. The van der Waals surface area contributed by atoms with Crippen LogP contribution in [0.25, 0.3) is 0 Å². The molecule has 0 spiro atoms. The van der Waals surface area contributed by atoms with E-state index in [1.807, 2.05) is 36.7 Å². The third kappa shape index (κ3) is 3.67. The summed E-state index contributed by atoms with van der Waals surface area (Å²) in [5.74, 6) is -0.0668. The van der Waals surface area contributed by atoms with E-state index in [1.165, 1.54) is 0 Å². The van der Waals surface area contributed by atoms with Crippen LogP contribution in [0.1, 0.15) is 21.7 Å². The maximum absolute atomic E-state index is 11.9. The second-order valence-corrected chi connectivity index (χ2v) is 5.33. The van der Waals surface area contributed by atoms with Crippen LogP contribution >= 0.6 is 15.9 Å². The molecule has 19 heavy (non-hydrogen) atoms. The summed E-state index contributed by atoms with van der Waals surface area (Å²) in [6.07, 6.45) is 0. The highest BCUT2D eigenvalue weighted by Crippen LogP contribution is 2.11. The maximum atomic E-state index is 11.9. The summed E-state index contributed by atoms with van der Waals surface area (Å²) in [6.45, 7) is 5.21. The molecule has 0 atom stereocenters. The van der Waals surface area contributed by atoms with E-state index >= 15 is 0 Å². The number of nitrogens with zero attached hydrogens (tertiary/aromatic N) is 2. The molecule has 0 saturated carbocycles. The smallest absolute Gasteiger partial charge is 0.251 e. The van der Waals surface area contributed by atoms with Crippen LogP contribution in [0.4, 0.5) is 0 Å². The molecular weight excluding hydrogens is 306 g/mol. The normalized spacial score (nSPS) is 10.5. The van der Waals surface area contributed by atoms with Gasteiger partial charge in [-0.3, -0.25) is 9.48 Å². The molecule has 0 bridgehead atoms. The average Bonchev–Trinajstić information content (AvgIpc) is 2.68. The quantitative estimate of drug-likeness (QED) is 0.941. The van der Waals surface area contributed by atoms with E-state index in [0.717, 1.165) is 15.9 Å². The van der Waals surface area contributed by atoms with Gasteiger partial charge in [0.05, 0.1) is 12.2 Å². The summed E-state index contributed by atoms with van der Waals surface area (Å²) >= 11 is 3.35. The third-order valence-corrected chi connectivity index (χ3v) is 3.29. The van der Waals surface area contributed by atoms with Crippen molar-refractivity contribution in [3.05, 3.63) is 51.8 Å². The highest BCUT2D eigenvalue weighted by Gasteiger charge is 2.06. The Kier molecular flexibility index (Phi) is 4.37. The second kappa shape index (κ2) is 6.02. The molecular formula is C14H16BrN3O. The lowest BCUT2D eigenvalue weighted by molar-refractivity contribution is 0.0952. The molecule has 1 N–H and O–H groups in total. The van der Waals surface area contributed by atoms with Crippen molar-refractivity contribution in [3.63, 3.8) is 0 Å². The van der Waals surface area contributed by atoms with E-state index in [1.54, 1.807) is 12.1 Å². The van der Waals surface area contributed by atoms with Crippen molar-refractivity contribution >= 4 is 21.8 Å². The number of nitrogens with one attached hydrogen (secondary N) is 1. The lowest BCUT2D eigenvalue weighted by Crippen LogP contribution is -2.27. The molecule has 2 rings (SSSR count). The van der Waals surface area contributed by atoms with Crippen LogP contribution in [-0.2, 0) is 6.54 Å². The van der Waals surface area contributed by atoms with E-state index in [9.17, 15) is 4.79 Å². The van der Waals surface area contributed by atoms with E-state index in [2.05, 4.69) is 26.3 Å². The van der Waals surface area contributed by atoms with Crippen molar-refractivity contribution in [2.45, 2.75) is 20.4 Å². The fourth-order valence-electron chi connectivity index (χ4n) is 1.91. The van der Waals surface area contributed by atoms with Crippen LogP contribution in [0.2, 0.25) is 0 Å². The van der Waals surface area contributed by atoms with Gasteiger partial charge in [0.25, 0.3) is 5.91 Å². The summed E-state index contributed by atoms with van der Waals surface area (Å²) in [6, 6.07) is 9.37. The lowest BCUT2D eigenvalue weighted by atomic mass is 10.2. The van der Waals surface area contributed by atoms with Gasteiger partial charge in [-0.1, -0.05) is 22.0 Å². The molecule has 0 aliphatic heterocycles. The van der Waals surface area contributed by atoms with Gasteiger partial charge in [-0.2, -0.15) is 5.10 Å². The highest BCUT2D eigenvalue weighted by molar-refractivity contribution is 9.10. The molecule has 0 aliphatic carbocycles. The Labute approximate surface area is 120 Å². The van der Waals surface area contributed by atoms with Crippen LogP contribution in [-0.4, -0.2) is 22.2 Å². The molecule has 0 unspecified atom stereocenters. The molecule has 100 valence electrons. The maximum Gasteiger partial charge on any atom is 0.251 e. The fraction of sp³-hybridized carbons (Fsp3) is 0.286. The predicted molar refractivity (Wildman–Crippen MR) is 78.2 cm³/mol. The number of benzene rings is 1. The molecule has 4 nitrogen and oxygen atoms in total. The van der Waals surface area contributed by atoms with Crippen LogP contribution < -0.4 is 5.32 Å². The fourth-order valence-corrected chi connectivity index (χ4v) is 2.31. The van der Waals surface area contributed by atoms with Crippen molar-refractivity contribution < 1.29 is 4.79 Å². The van der Waals surface area contributed by atoms with Crippen LogP contribution in [0.3, 0.4) is 0 Å². The number of amides is 1. The summed E-state index contributed by atoms with van der Waals surface area (Å²) in [4.78, 5) is 11.9. The van der Waals surface area contributed by atoms with Crippen LogP contribution in [0.5, 0.6) is 0 Å². The zero-order chi connectivity index (χ0) is 13.8. The van der Waals surface area contributed by atoms with Crippen molar-refractivity contribution in [2.75, 3.05) is 6.54 Å². The first-order valence-electron chi connectivity index (χ1n) is 6.11. The number of carbonyl (C=O) groups is 1. The zero-order valence-corrected chi connectivity index (χ0v) is 12.6. The second-order valence-electron chi connectivity index (χ2n) is 4.42. The molecule has 0 aliphatic rings. The predicted octanol–water partition coefficient (Wildman–Crippen LogP) is 2.69. The molecule has 0 fully saturated rings. The highest BCUT2D eigenvalue weighted by atomic mass is 79.9. The lowest BCUT2D eigenvalue weighted by Gasteiger charge is -2.07. The Balaban J connectivity index is 1.89. The van der Waals surface area contributed by atoms with Gasteiger partial charge >= 0.3 is 0 Å². The minimum absolute atomic E-state index is 0.0668. The number of halogens is 1. The minimum atomic E-state index is -0.0668. The molecule has 5 heteroatoms. The number of rotatable bonds is 4. The van der Waals surface area contributed by atoms with Crippen molar-refractivity contribution in [2.24, 2.45) is 0 Å². The standard InChI is InChI=1S/C14H16BrN3O/c1-10-8-11(2)18(17-10)7-6-16-14(19)12-4-3-5-13(15)9-12/h3-5,8-9H,6-7H2,1-2H3,(H,16,19). The SMILES string of the molecule is Cc1cc(C)n(CCNC(=O)c2cccc(Br)c2)n1. The van der Waals surface area contributed by atoms with Crippen molar-refractivity contribution in [1.29, 1.82) is 0 Å². The molecule has 0 saturated heterocycles. The van der Waals surface area contributed by atoms with Crippen molar-refractivity contribution in [1.82, 2.24) is 15.1 Å². The van der Waals surface area contributed by atoms with Gasteiger partial charge in [0.1, 0.15) is 0 Å². The minimum Gasteiger partial charge on any atom is -0.350 e. The Morgan fingerprint density at radius 3 is 2.79 bits per heavy atom. The Morgan fingerprint density at radius 2 is 2.16 bits per heavy atom. The van der Waals surface area contributed by atoms with Gasteiger partial charge < -0.3 is 5.32 Å². The number of hydrogen-bond acceptors (Lipinski definition) is 2. The average molecular weight is 322 g/mol. The molecule has 1 aromatic heterocycles. The Bertz CT molecular complexity index is 592. The van der Waals surface area contributed by atoms with Crippen molar-refractivity contribution in [3.8, 4) is 0 Å². The monoisotopic (exact) mass is 321 g/mol. The van der Waals surface area contributed by atoms with Gasteiger partial charge in [0.2, 0.25) is 0 Å². The van der Waals surface area contributed by atoms with Gasteiger partial charge in [-0.05, 0) is 38.1 Å². The Hall–Kier alpha value is -1.62. The summed E-state index contributed by atoms with van der Waals surface area (Å²) in [5.41, 5.74) is 2.76. The molecule has 1 amide bonds. The molecule has 1 heterocycles. The van der Waals surface area contributed by atoms with Crippen LogP contribution in [0.15, 0.2) is 34.8 Å². The van der Waals surface area contributed by atoms with Crippen LogP contribution in [0, 0.1) is 13.8 Å². The molecule has 2 aromatic rings. The van der Waals surface area contributed by atoms with E-state index in [4.69, 9.17) is 0 Å². The third-order valence-electron chi connectivity index (χ3n) is 2.80. The number of aromatic nitrogens is 2. The molecule has 0 radical (unpaired) electrons. The topological polar surface area (TPSA) is 46.9 Å². The first-order valence-corrected chi connectivity index (χ1v) is 6.90. The van der Waals surface area contributed by atoms with E-state index in [-0.39, 0.29) is 5.91 Å². The van der Waals surface area contributed by atoms with Gasteiger partial charge in [-0.25, -0.2) is 0 Å². The zero-order valence-electron chi connectivity index (χ0n) is 11.0. The summed E-state index contributed by atoms with van der Waals surface area (Å²) < 4.78 is 2.80. The first-order chi connectivity index (χ1) is 9.06. The Morgan fingerprint density at radius 1 is 1.37 bits per heavy atom. The van der Waals surface area contributed by atoms with Gasteiger partial charge in [0.15, 0.2) is 0 Å². The van der Waals surface area contributed by atoms with E-state index in [0.29, 0.717) is 18.7 Å². The largest absolute Gasteiger partial charge is 0.350 e. The summed E-state index contributed by atoms with van der Waals surface area (Å²) in [5, 5.41) is 7.24. The van der Waals surface area contributed by atoms with E-state index < -0.39 is 0 Å². The number of carbonyl (C=O) groups excluding carboxylic acids is 1. The molecule has 1 aromatic carbocycles. The van der Waals surface area contributed by atoms with Gasteiger partial charge in [-0.15, -0.1) is 0 Å². The number of hydrogen-bond donors (Lipinski definition) is 1. The number of aryl methyl sites for hydroxylation is 2. The van der Waals surface area contributed by atoms with Gasteiger partial charge in [0, 0.05) is 22.3 Å².